The third-order valence-electron chi connectivity index (χ3n) is 2.01. The summed E-state index contributed by atoms with van der Waals surface area (Å²) in [6.45, 7) is 2.34. The van der Waals surface area contributed by atoms with Gasteiger partial charge in [0.05, 0.1) is 17.9 Å². The number of amides is 1. The van der Waals surface area contributed by atoms with Gasteiger partial charge in [-0.15, -0.1) is 0 Å². The minimum absolute atomic E-state index is 0.00854. The first-order valence-electron chi connectivity index (χ1n) is 4.00. The molecule has 1 heterocycles. The number of aryl methyl sites for hydroxylation is 1. The highest BCUT2D eigenvalue weighted by Crippen LogP contribution is 2.30. The first-order valence-corrected chi connectivity index (χ1v) is 4.80. The molecule has 13 heavy (non-hydrogen) atoms. The quantitative estimate of drug-likeness (QED) is 0.730. The van der Waals surface area contributed by atoms with E-state index in [0.717, 1.165) is 21.4 Å². The van der Waals surface area contributed by atoms with Crippen molar-refractivity contribution < 1.29 is 4.79 Å². The zero-order valence-corrected chi connectivity index (χ0v) is 8.73. The van der Waals surface area contributed by atoms with Gasteiger partial charge in [-0.25, -0.2) is 0 Å². The number of hydrogen-bond donors (Lipinski definition) is 2. The molecule has 4 heteroatoms. The predicted molar refractivity (Wildman–Crippen MR) is 56.0 cm³/mol. The van der Waals surface area contributed by atoms with E-state index in [9.17, 15) is 4.79 Å². The van der Waals surface area contributed by atoms with Crippen molar-refractivity contribution in [2.45, 2.75) is 6.92 Å². The highest BCUT2D eigenvalue weighted by Gasteiger charge is 2.14. The molecule has 0 atom stereocenters. The standard InChI is InChI=1S/C9H9BrN2O/c1-5-2-8-7(3-6(5)10)11-4-9(13)12-8/h2-3,11H,4H2,1H3,(H,12,13). The third-order valence-corrected chi connectivity index (χ3v) is 2.87. The van der Waals surface area contributed by atoms with Gasteiger partial charge in [0.15, 0.2) is 0 Å². The molecule has 0 saturated carbocycles. The summed E-state index contributed by atoms with van der Waals surface area (Å²) in [4.78, 5) is 11.0. The Kier molecular flexibility index (Phi) is 2.00. The lowest BCUT2D eigenvalue weighted by Gasteiger charge is -2.19. The van der Waals surface area contributed by atoms with Crippen molar-refractivity contribution in [3.63, 3.8) is 0 Å². The maximum absolute atomic E-state index is 11.0. The van der Waals surface area contributed by atoms with Crippen molar-refractivity contribution in [2.24, 2.45) is 0 Å². The van der Waals surface area contributed by atoms with E-state index in [0.29, 0.717) is 6.54 Å². The zero-order valence-electron chi connectivity index (χ0n) is 7.15. The van der Waals surface area contributed by atoms with Crippen LogP contribution in [0.25, 0.3) is 0 Å². The molecule has 1 aliphatic heterocycles. The summed E-state index contributed by atoms with van der Waals surface area (Å²) in [5.41, 5.74) is 2.94. The summed E-state index contributed by atoms with van der Waals surface area (Å²) in [5, 5.41) is 5.84. The lowest BCUT2D eigenvalue weighted by molar-refractivity contribution is -0.114. The van der Waals surface area contributed by atoms with Crippen LogP contribution in [0.1, 0.15) is 5.56 Å². The number of halogens is 1. The summed E-state index contributed by atoms with van der Waals surface area (Å²) in [7, 11) is 0. The van der Waals surface area contributed by atoms with Crippen LogP contribution >= 0.6 is 15.9 Å². The van der Waals surface area contributed by atoms with E-state index in [1.54, 1.807) is 0 Å². The maximum Gasteiger partial charge on any atom is 0.243 e. The monoisotopic (exact) mass is 240 g/mol. The molecular formula is C9H9BrN2O. The van der Waals surface area contributed by atoms with E-state index in [4.69, 9.17) is 0 Å². The van der Waals surface area contributed by atoms with Gasteiger partial charge in [0.2, 0.25) is 5.91 Å². The number of carbonyl (C=O) groups excluding carboxylic acids is 1. The molecule has 0 unspecified atom stereocenters. The van der Waals surface area contributed by atoms with Gasteiger partial charge in [-0.2, -0.15) is 0 Å². The fourth-order valence-corrected chi connectivity index (χ4v) is 1.64. The highest BCUT2D eigenvalue weighted by molar-refractivity contribution is 9.10. The van der Waals surface area contributed by atoms with E-state index in [1.807, 2.05) is 19.1 Å². The molecule has 0 spiro atoms. The average molecular weight is 241 g/mol. The Bertz CT molecular complexity index is 376. The molecule has 68 valence electrons. The van der Waals surface area contributed by atoms with Crippen LogP contribution in [-0.2, 0) is 4.79 Å². The first kappa shape index (κ1) is 8.56. The molecule has 3 nitrogen and oxygen atoms in total. The van der Waals surface area contributed by atoms with Gasteiger partial charge in [0, 0.05) is 4.47 Å². The summed E-state index contributed by atoms with van der Waals surface area (Å²) >= 11 is 3.44. The lowest BCUT2D eigenvalue weighted by atomic mass is 10.1. The van der Waals surface area contributed by atoms with Gasteiger partial charge in [0.1, 0.15) is 0 Å². The van der Waals surface area contributed by atoms with Crippen LogP contribution in [0.4, 0.5) is 11.4 Å². The van der Waals surface area contributed by atoms with E-state index < -0.39 is 0 Å². The molecule has 2 rings (SSSR count). The smallest absolute Gasteiger partial charge is 0.243 e. The molecule has 0 aliphatic carbocycles. The van der Waals surface area contributed by atoms with Crippen molar-refractivity contribution in [3.8, 4) is 0 Å². The highest BCUT2D eigenvalue weighted by atomic mass is 79.9. The molecule has 1 aromatic carbocycles. The van der Waals surface area contributed by atoms with Gasteiger partial charge in [-0.05, 0) is 24.6 Å². The van der Waals surface area contributed by atoms with Crippen molar-refractivity contribution in [3.05, 3.63) is 22.2 Å². The predicted octanol–water partition coefficient (Wildman–Crippen LogP) is 2.12. The second kappa shape index (κ2) is 3.03. The van der Waals surface area contributed by atoms with Crippen molar-refractivity contribution in [1.82, 2.24) is 0 Å². The van der Waals surface area contributed by atoms with Gasteiger partial charge >= 0.3 is 0 Å². The second-order valence-corrected chi connectivity index (χ2v) is 3.90. The van der Waals surface area contributed by atoms with E-state index in [2.05, 4.69) is 26.6 Å². The molecule has 0 fully saturated rings. The molecule has 0 radical (unpaired) electrons. The molecule has 0 saturated heterocycles. The topological polar surface area (TPSA) is 41.1 Å². The minimum atomic E-state index is 0.00854. The molecule has 1 aliphatic rings. The molecule has 0 bridgehead atoms. The Balaban J connectivity index is 2.49. The van der Waals surface area contributed by atoms with Gasteiger partial charge < -0.3 is 10.6 Å². The number of fused-ring (bicyclic) bond motifs is 1. The second-order valence-electron chi connectivity index (χ2n) is 3.05. The Morgan fingerprint density at radius 2 is 2.15 bits per heavy atom. The SMILES string of the molecule is Cc1cc2c(cc1Br)NCC(=O)N2. The number of anilines is 2. The van der Waals surface area contributed by atoms with Crippen LogP contribution < -0.4 is 10.6 Å². The van der Waals surface area contributed by atoms with E-state index in [1.165, 1.54) is 0 Å². The number of rotatable bonds is 0. The Morgan fingerprint density at radius 1 is 1.38 bits per heavy atom. The maximum atomic E-state index is 11.0. The lowest BCUT2D eigenvalue weighted by Crippen LogP contribution is -2.27. The molecule has 0 aromatic heterocycles. The van der Waals surface area contributed by atoms with Crippen LogP contribution in [0.5, 0.6) is 0 Å². The van der Waals surface area contributed by atoms with Gasteiger partial charge in [-0.1, -0.05) is 15.9 Å². The summed E-state index contributed by atoms with van der Waals surface area (Å²) < 4.78 is 1.05. The minimum Gasteiger partial charge on any atom is -0.374 e. The van der Waals surface area contributed by atoms with Crippen molar-refractivity contribution in [2.75, 3.05) is 17.2 Å². The molecule has 1 amide bonds. The third kappa shape index (κ3) is 1.54. The summed E-state index contributed by atoms with van der Waals surface area (Å²) in [6.07, 6.45) is 0. The number of carbonyl (C=O) groups is 1. The van der Waals surface area contributed by atoms with E-state index in [-0.39, 0.29) is 5.91 Å². The molecule has 1 aromatic rings. The largest absolute Gasteiger partial charge is 0.374 e. The number of hydrogen-bond acceptors (Lipinski definition) is 2. The Morgan fingerprint density at radius 3 is 2.92 bits per heavy atom. The number of benzene rings is 1. The van der Waals surface area contributed by atoms with Crippen molar-refractivity contribution in [1.29, 1.82) is 0 Å². The van der Waals surface area contributed by atoms with Crippen LogP contribution in [0.3, 0.4) is 0 Å². The van der Waals surface area contributed by atoms with Gasteiger partial charge in [0.25, 0.3) is 0 Å². The van der Waals surface area contributed by atoms with Gasteiger partial charge in [-0.3, -0.25) is 4.79 Å². The molecule has 2 N–H and O–H groups in total. The number of nitrogens with one attached hydrogen (secondary N) is 2. The molecular weight excluding hydrogens is 232 g/mol. The normalized spacial score (nSPS) is 14.5. The van der Waals surface area contributed by atoms with Crippen LogP contribution in [0, 0.1) is 6.92 Å². The van der Waals surface area contributed by atoms with Crippen LogP contribution in [0.15, 0.2) is 16.6 Å². The summed E-state index contributed by atoms with van der Waals surface area (Å²) in [6, 6.07) is 3.92. The van der Waals surface area contributed by atoms with Crippen molar-refractivity contribution >= 4 is 33.2 Å². The van der Waals surface area contributed by atoms with Crippen LogP contribution in [0.2, 0.25) is 0 Å². The summed E-state index contributed by atoms with van der Waals surface area (Å²) in [5.74, 6) is 0.00854. The van der Waals surface area contributed by atoms with E-state index >= 15 is 0 Å². The fourth-order valence-electron chi connectivity index (χ4n) is 1.30. The average Bonchev–Trinajstić information content (AvgIpc) is 2.08. The fraction of sp³-hybridized carbons (Fsp3) is 0.222. The zero-order chi connectivity index (χ0) is 9.42. The first-order chi connectivity index (χ1) is 6.16. The van der Waals surface area contributed by atoms with Crippen LogP contribution in [-0.4, -0.2) is 12.5 Å². The Labute approximate surface area is 84.6 Å². The Hall–Kier alpha value is -1.03.